The summed E-state index contributed by atoms with van der Waals surface area (Å²) in [5.74, 6) is 0. The van der Waals surface area contributed by atoms with E-state index in [1.54, 1.807) is 0 Å². The molecule has 0 aliphatic rings. The van der Waals surface area contributed by atoms with Gasteiger partial charge in [-0.1, -0.05) is 12.1 Å². The second kappa shape index (κ2) is 5.93. The van der Waals surface area contributed by atoms with Crippen LogP contribution in [0.4, 0.5) is 0 Å². The number of rotatable bonds is 4. The monoisotopic (exact) mass is 392 g/mol. The van der Waals surface area contributed by atoms with Crippen LogP contribution in [0.5, 0.6) is 0 Å². The van der Waals surface area contributed by atoms with Crippen molar-refractivity contribution in [1.82, 2.24) is 0 Å². The van der Waals surface area contributed by atoms with Gasteiger partial charge in [-0.15, -0.1) is 0 Å². The number of aryl methyl sites for hydroxylation is 1. The predicted molar refractivity (Wildman–Crippen MR) is 82.7 cm³/mol. The van der Waals surface area contributed by atoms with Crippen molar-refractivity contribution in [2.75, 3.05) is 0 Å². The van der Waals surface area contributed by atoms with Gasteiger partial charge in [0.25, 0.3) is 20.2 Å². The van der Waals surface area contributed by atoms with Crippen molar-refractivity contribution >= 4 is 30.1 Å². The molecule has 24 heavy (non-hydrogen) atoms. The Hall–Kier alpha value is -1.79. The van der Waals surface area contributed by atoms with E-state index in [1.807, 2.05) is 0 Å². The lowest BCUT2D eigenvalue weighted by Gasteiger charge is -2.09. The van der Waals surface area contributed by atoms with Crippen molar-refractivity contribution in [3.05, 3.63) is 48.0 Å². The first-order chi connectivity index (χ1) is 10.8. The van der Waals surface area contributed by atoms with E-state index in [0.29, 0.717) is 0 Å². The Morgan fingerprint density at radius 3 is 1.79 bits per heavy atom. The Labute approximate surface area is 139 Å². The van der Waals surface area contributed by atoms with Crippen LogP contribution in [0.2, 0.25) is 0 Å². The van der Waals surface area contributed by atoms with Crippen LogP contribution in [-0.4, -0.2) is 34.4 Å². The minimum atomic E-state index is -4.63. The first kappa shape index (κ1) is 18.5. The topological polar surface area (TPSA) is 143 Å². The van der Waals surface area contributed by atoms with Crippen molar-refractivity contribution in [2.45, 2.75) is 26.5 Å². The normalized spacial score (nSPS) is 13.0. The lowest BCUT2D eigenvalue weighted by molar-refractivity contribution is 0.480. The fourth-order valence-corrected chi connectivity index (χ4v) is 4.72. The van der Waals surface area contributed by atoms with E-state index in [1.165, 1.54) is 13.0 Å². The first-order valence-electron chi connectivity index (χ1n) is 6.24. The Kier molecular flexibility index (Phi) is 4.59. The van der Waals surface area contributed by atoms with Crippen molar-refractivity contribution in [3.8, 4) is 0 Å². The van der Waals surface area contributed by atoms with Crippen molar-refractivity contribution in [1.29, 1.82) is 0 Å². The maximum Gasteiger partial charge on any atom is 0.294 e. The molecule has 0 aliphatic carbocycles. The van der Waals surface area contributed by atoms with Crippen LogP contribution >= 0.6 is 0 Å². The van der Waals surface area contributed by atoms with Crippen molar-refractivity contribution in [2.24, 2.45) is 0 Å². The molecule has 0 aliphatic heterocycles. The smallest absolute Gasteiger partial charge is 0.282 e. The standard InChI is InChI=1S/C13H12O8S3/c1-9-5-6-11(8-13(9)24(19,20)21)22(14,15)10-3-2-4-12(7-10)23(16,17)18/h2-8H,1H3,(H,16,17,18)(H,19,20,21). The first-order valence-corrected chi connectivity index (χ1v) is 10.6. The van der Waals surface area contributed by atoms with E-state index in [0.717, 1.165) is 36.4 Å². The van der Waals surface area contributed by atoms with Gasteiger partial charge in [-0.05, 0) is 42.8 Å². The zero-order chi connectivity index (χ0) is 18.3. The molecular weight excluding hydrogens is 380 g/mol. The van der Waals surface area contributed by atoms with E-state index in [-0.39, 0.29) is 5.56 Å². The van der Waals surface area contributed by atoms with Crippen LogP contribution in [0.25, 0.3) is 0 Å². The molecule has 2 N–H and O–H groups in total. The Morgan fingerprint density at radius 1 is 0.708 bits per heavy atom. The molecule has 0 spiro atoms. The van der Waals surface area contributed by atoms with Gasteiger partial charge in [0.15, 0.2) is 0 Å². The highest BCUT2D eigenvalue weighted by atomic mass is 32.2. The lowest BCUT2D eigenvalue weighted by Crippen LogP contribution is -2.07. The molecule has 0 radical (unpaired) electrons. The molecule has 2 aromatic carbocycles. The van der Waals surface area contributed by atoms with Crippen LogP contribution < -0.4 is 0 Å². The number of sulfone groups is 1. The second-order valence-corrected chi connectivity index (χ2v) is 9.62. The van der Waals surface area contributed by atoms with Gasteiger partial charge < -0.3 is 0 Å². The molecule has 0 fully saturated rings. The molecule has 2 aromatic rings. The van der Waals surface area contributed by atoms with E-state index < -0.39 is 49.7 Å². The summed E-state index contributed by atoms with van der Waals surface area (Å²) in [6.07, 6.45) is 0. The second-order valence-electron chi connectivity index (χ2n) is 4.86. The molecule has 11 heteroatoms. The van der Waals surface area contributed by atoms with E-state index in [4.69, 9.17) is 9.11 Å². The SMILES string of the molecule is Cc1ccc(S(=O)(=O)c2cccc(S(=O)(=O)O)c2)cc1S(=O)(=O)O. The average Bonchev–Trinajstić information content (AvgIpc) is 2.45. The van der Waals surface area contributed by atoms with Gasteiger partial charge in [0.1, 0.15) is 0 Å². The summed E-state index contributed by atoms with van der Waals surface area (Å²) in [7, 11) is -13.5. The number of hydrogen-bond acceptors (Lipinski definition) is 6. The van der Waals surface area contributed by atoms with E-state index >= 15 is 0 Å². The zero-order valence-corrected chi connectivity index (χ0v) is 14.6. The Balaban J connectivity index is 2.69. The van der Waals surface area contributed by atoms with Crippen LogP contribution in [0.3, 0.4) is 0 Å². The summed E-state index contributed by atoms with van der Waals surface area (Å²) >= 11 is 0. The summed E-state index contributed by atoms with van der Waals surface area (Å²) in [6, 6.07) is 7.07. The van der Waals surface area contributed by atoms with Gasteiger partial charge in [0.2, 0.25) is 9.84 Å². The fraction of sp³-hybridized carbons (Fsp3) is 0.0769. The zero-order valence-electron chi connectivity index (χ0n) is 12.1. The molecule has 0 heterocycles. The molecule has 8 nitrogen and oxygen atoms in total. The summed E-state index contributed by atoms with van der Waals surface area (Å²) < 4.78 is 88.1. The van der Waals surface area contributed by atoms with E-state index in [2.05, 4.69) is 0 Å². The molecule has 0 amide bonds. The fourth-order valence-electron chi connectivity index (χ4n) is 1.96. The largest absolute Gasteiger partial charge is 0.294 e. The van der Waals surface area contributed by atoms with Gasteiger partial charge >= 0.3 is 0 Å². The molecule has 0 saturated heterocycles. The van der Waals surface area contributed by atoms with Gasteiger partial charge in [-0.25, -0.2) is 8.42 Å². The average molecular weight is 392 g/mol. The Morgan fingerprint density at radius 2 is 1.25 bits per heavy atom. The van der Waals surface area contributed by atoms with Crippen molar-refractivity contribution < 1.29 is 34.4 Å². The van der Waals surface area contributed by atoms with Crippen LogP contribution in [0.1, 0.15) is 5.56 Å². The molecule has 2 rings (SSSR count). The van der Waals surface area contributed by atoms with Gasteiger partial charge in [0.05, 0.1) is 19.6 Å². The maximum atomic E-state index is 12.6. The number of hydrogen-bond donors (Lipinski definition) is 2. The predicted octanol–water partition coefficient (Wildman–Crippen LogP) is 1.32. The van der Waals surface area contributed by atoms with Crippen LogP contribution in [0.15, 0.2) is 62.0 Å². The molecule has 130 valence electrons. The summed E-state index contributed by atoms with van der Waals surface area (Å²) in [6.45, 7) is 1.37. The highest BCUT2D eigenvalue weighted by Crippen LogP contribution is 2.26. The number of benzene rings is 2. The van der Waals surface area contributed by atoms with Gasteiger partial charge in [0, 0.05) is 0 Å². The lowest BCUT2D eigenvalue weighted by atomic mass is 10.2. The highest BCUT2D eigenvalue weighted by Gasteiger charge is 2.23. The van der Waals surface area contributed by atoms with Crippen LogP contribution in [0, 0.1) is 6.92 Å². The molecule has 0 atom stereocenters. The maximum absolute atomic E-state index is 12.6. The van der Waals surface area contributed by atoms with E-state index in [9.17, 15) is 25.3 Å². The van der Waals surface area contributed by atoms with Gasteiger partial charge in [-0.2, -0.15) is 16.8 Å². The quantitative estimate of drug-likeness (QED) is 0.742. The minimum Gasteiger partial charge on any atom is -0.282 e. The van der Waals surface area contributed by atoms with Crippen molar-refractivity contribution in [3.63, 3.8) is 0 Å². The summed E-state index contributed by atoms with van der Waals surface area (Å²) in [4.78, 5) is -2.10. The third-order valence-electron chi connectivity index (χ3n) is 3.16. The molecule has 0 saturated carbocycles. The molecular formula is C13H12O8S3. The minimum absolute atomic E-state index is 0.142. The molecule has 0 aromatic heterocycles. The van der Waals surface area contributed by atoms with Gasteiger partial charge in [-0.3, -0.25) is 9.11 Å². The molecule has 0 unspecified atom stereocenters. The summed E-state index contributed by atoms with van der Waals surface area (Å²) in [5, 5.41) is 0. The third-order valence-corrected chi connectivity index (χ3v) is 6.76. The highest BCUT2D eigenvalue weighted by molar-refractivity contribution is 7.91. The van der Waals surface area contributed by atoms with Crippen LogP contribution in [-0.2, 0) is 30.1 Å². The Bertz CT molecular complexity index is 1110. The summed E-state index contributed by atoms with van der Waals surface area (Å²) in [5.41, 5.74) is 0.142. The molecule has 0 bridgehead atoms. The third kappa shape index (κ3) is 3.65.